The molecule has 6 nitrogen and oxygen atoms in total. The monoisotopic (exact) mass is 997 g/mol. The lowest BCUT2D eigenvalue weighted by molar-refractivity contribution is -0.167. The van der Waals surface area contributed by atoms with Crippen LogP contribution in [0.15, 0.2) is 122 Å². The summed E-state index contributed by atoms with van der Waals surface area (Å²) in [6.45, 7) is 6.36. The second-order valence-corrected chi connectivity index (χ2v) is 19.1. The van der Waals surface area contributed by atoms with Crippen molar-refractivity contribution in [3.8, 4) is 0 Å². The molecule has 1 atom stereocenters. The summed E-state index contributed by atoms with van der Waals surface area (Å²) in [6.07, 6.45) is 82.1. The lowest BCUT2D eigenvalue weighted by Gasteiger charge is -2.18. The predicted molar refractivity (Wildman–Crippen MR) is 311 cm³/mol. The zero-order chi connectivity index (χ0) is 52.2. The van der Waals surface area contributed by atoms with E-state index < -0.39 is 6.10 Å². The second kappa shape index (κ2) is 59.4. The fourth-order valence-corrected chi connectivity index (χ4v) is 7.85. The van der Waals surface area contributed by atoms with Gasteiger partial charge in [0.15, 0.2) is 6.10 Å². The van der Waals surface area contributed by atoms with Gasteiger partial charge in [-0.1, -0.05) is 251 Å². The van der Waals surface area contributed by atoms with Crippen LogP contribution in [0, 0.1) is 0 Å². The first kappa shape index (κ1) is 67.8. The third kappa shape index (κ3) is 56.7. The Morgan fingerprint density at radius 3 is 0.861 bits per heavy atom. The van der Waals surface area contributed by atoms with Crippen molar-refractivity contribution in [1.82, 2.24) is 0 Å². The Morgan fingerprint density at radius 2 is 0.542 bits per heavy atom. The summed E-state index contributed by atoms with van der Waals surface area (Å²) in [5.41, 5.74) is 0. The summed E-state index contributed by atoms with van der Waals surface area (Å²) >= 11 is 0. The molecule has 0 radical (unpaired) electrons. The lowest BCUT2D eigenvalue weighted by Crippen LogP contribution is -2.30. The molecule has 0 aromatic rings. The first-order valence-electron chi connectivity index (χ1n) is 29.5. The fourth-order valence-electron chi connectivity index (χ4n) is 7.85. The molecule has 0 rings (SSSR count). The number of ether oxygens (including phenoxy) is 3. The van der Waals surface area contributed by atoms with Crippen LogP contribution in [0.2, 0.25) is 0 Å². The number of hydrogen-bond acceptors (Lipinski definition) is 6. The Bertz CT molecular complexity index is 1520. The highest BCUT2D eigenvalue weighted by Gasteiger charge is 2.19. The van der Waals surface area contributed by atoms with Crippen LogP contribution in [0.4, 0.5) is 0 Å². The number of allylic oxidation sites excluding steroid dienone is 20. The lowest BCUT2D eigenvalue weighted by atomic mass is 10.1. The average Bonchev–Trinajstić information content (AvgIpc) is 3.38. The Labute approximate surface area is 443 Å². The maximum Gasteiger partial charge on any atom is 0.306 e. The van der Waals surface area contributed by atoms with Gasteiger partial charge in [0.25, 0.3) is 0 Å². The molecule has 1 unspecified atom stereocenters. The maximum atomic E-state index is 12.8. The van der Waals surface area contributed by atoms with Crippen LogP contribution in [0.3, 0.4) is 0 Å². The van der Waals surface area contributed by atoms with Gasteiger partial charge in [0, 0.05) is 19.3 Å². The molecule has 0 amide bonds. The van der Waals surface area contributed by atoms with Crippen molar-refractivity contribution >= 4 is 17.9 Å². The van der Waals surface area contributed by atoms with Gasteiger partial charge in [0.05, 0.1) is 0 Å². The largest absolute Gasteiger partial charge is 0.462 e. The predicted octanol–water partition coefficient (Wildman–Crippen LogP) is 20.0. The van der Waals surface area contributed by atoms with Crippen molar-refractivity contribution in [3.63, 3.8) is 0 Å². The fraction of sp³-hybridized carbons (Fsp3) is 0.652. The molecule has 0 heterocycles. The van der Waals surface area contributed by atoms with Crippen LogP contribution in [0.5, 0.6) is 0 Å². The second-order valence-electron chi connectivity index (χ2n) is 19.1. The molecule has 0 aliphatic rings. The van der Waals surface area contributed by atoms with Gasteiger partial charge in [-0.05, 0) is 109 Å². The minimum atomic E-state index is -0.795. The van der Waals surface area contributed by atoms with E-state index in [9.17, 15) is 14.4 Å². The zero-order valence-corrected chi connectivity index (χ0v) is 46.7. The van der Waals surface area contributed by atoms with E-state index in [2.05, 4.69) is 142 Å². The van der Waals surface area contributed by atoms with Crippen LogP contribution in [-0.4, -0.2) is 37.2 Å². The highest BCUT2D eigenvalue weighted by molar-refractivity contribution is 5.71. The molecule has 0 aromatic heterocycles. The van der Waals surface area contributed by atoms with Crippen molar-refractivity contribution in [2.24, 2.45) is 0 Å². The van der Waals surface area contributed by atoms with Crippen LogP contribution in [-0.2, 0) is 28.6 Å². The van der Waals surface area contributed by atoms with Crippen LogP contribution in [0.25, 0.3) is 0 Å². The molecule has 72 heavy (non-hydrogen) atoms. The van der Waals surface area contributed by atoms with Crippen LogP contribution in [0.1, 0.15) is 258 Å². The van der Waals surface area contributed by atoms with Crippen molar-refractivity contribution in [1.29, 1.82) is 0 Å². The third-order valence-electron chi connectivity index (χ3n) is 12.2. The van der Waals surface area contributed by atoms with Crippen molar-refractivity contribution in [3.05, 3.63) is 122 Å². The molecule has 0 aliphatic heterocycles. The molecule has 0 fully saturated rings. The molecule has 0 aliphatic carbocycles. The maximum absolute atomic E-state index is 12.8. The van der Waals surface area contributed by atoms with Gasteiger partial charge in [-0.2, -0.15) is 0 Å². The average molecular weight is 998 g/mol. The molecule has 6 heteroatoms. The summed E-state index contributed by atoms with van der Waals surface area (Å²) < 4.78 is 16.8. The van der Waals surface area contributed by atoms with Crippen molar-refractivity contribution < 1.29 is 28.6 Å². The Balaban J connectivity index is 4.22. The van der Waals surface area contributed by atoms with Crippen molar-refractivity contribution in [2.45, 2.75) is 264 Å². The number of esters is 3. The number of hydrogen-bond donors (Lipinski definition) is 0. The Hall–Kier alpha value is -4.19. The minimum Gasteiger partial charge on any atom is -0.462 e. The van der Waals surface area contributed by atoms with E-state index in [-0.39, 0.29) is 31.1 Å². The normalized spacial score (nSPS) is 13.0. The van der Waals surface area contributed by atoms with E-state index in [4.69, 9.17) is 14.2 Å². The standard InChI is InChI=1S/C66H108O6/c1-4-7-10-13-16-19-22-24-25-26-27-28-29-30-31-32-33-34-35-36-37-38-39-40-41-43-44-47-50-53-56-59-65(68)71-62-63(61-70-64(67)58-55-52-49-46-21-18-15-12-9-6-3)72-66(69)60-57-54-51-48-45-42-23-20-17-14-11-8-5-2/h7-8,10-11,16-17,19-20,24-25,27-28,30-31,33-34,36-37,42,45,63H,4-6,9,12-15,18,21-23,26,29,32,35,38-41,43-44,46-62H2,1-3H3/b10-7-,11-8-,19-16-,20-17-,25-24-,28-27-,31-30-,34-33-,37-36-,45-42-. The topological polar surface area (TPSA) is 78.9 Å². The summed E-state index contributed by atoms with van der Waals surface area (Å²) in [6, 6.07) is 0. The number of carbonyl (C=O) groups is 3. The Kier molecular flexibility index (Phi) is 55.9. The molecule has 0 spiro atoms. The third-order valence-corrected chi connectivity index (χ3v) is 12.2. The van der Waals surface area contributed by atoms with E-state index in [1.807, 2.05) is 0 Å². The zero-order valence-electron chi connectivity index (χ0n) is 46.7. The van der Waals surface area contributed by atoms with E-state index >= 15 is 0 Å². The molecule has 0 aromatic carbocycles. The molecule has 0 saturated heterocycles. The highest BCUT2D eigenvalue weighted by Crippen LogP contribution is 2.15. The molecular weight excluding hydrogens is 889 g/mol. The van der Waals surface area contributed by atoms with E-state index in [0.717, 1.165) is 135 Å². The summed E-state index contributed by atoms with van der Waals surface area (Å²) in [4.78, 5) is 38.0. The molecule has 0 bridgehead atoms. The van der Waals surface area contributed by atoms with Gasteiger partial charge in [-0.25, -0.2) is 0 Å². The van der Waals surface area contributed by atoms with E-state index in [0.29, 0.717) is 19.3 Å². The molecule has 0 N–H and O–H groups in total. The smallest absolute Gasteiger partial charge is 0.306 e. The SMILES string of the molecule is CC/C=C\C/C=C\C/C=C\C/C=C\C/C=C\C/C=C\C/C=C\CCCCCCCCCCCC(=O)OCC(COC(=O)CCCCCCCCCCCC)OC(=O)CCCCC/C=C\C/C=C\C/C=C\CC. The van der Waals surface area contributed by atoms with Gasteiger partial charge < -0.3 is 14.2 Å². The summed E-state index contributed by atoms with van der Waals surface area (Å²) in [5.74, 6) is -0.931. The van der Waals surface area contributed by atoms with Gasteiger partial charge in [0.1, 0.15) is 13.2 Å². The first-order chi connectivity index (χ1) is 35.5. The van der Waals surface area contributed by atoms with E-state index in [1.165, 1.54) is 83.5 Å². The summed E-state index contributed by atoms with van der Waals surface area (Å²) in [5, 5.41) is 0. The van der Waals surface area contributed by atoms with Gasteiger partial charge in [-0.15, -0.1) is 0 Å². The quantitative estimate of drug-likeness (QED) is 0.0261. The van der Waals surface area contributed by atoms with Gasteiger partial charge in [-0.3, -0.25) is 14.4 Å². The summed E-state index contributed by atoms with van der Waals surface area (Å²) in [7, 11) is 0. The highest BCUT2D eigenvalue weighted by atomic mass is 16.6. The van der Waals surface area contributed by atoms with Crippen molar-refractivity contribution in [2.75, 3.05) is 13.2 Å². The minimum absolute atomic E-state index is 0.0918. The number of carbonyl (C=O) groups excluding carboxylic acids is 3. The Morgan fingerprint density at radius 1 is 0.292 bits per heavy atom. The van der Waals surface area contributed by atoms with Crippen LogP contribution >= 0.6 is 0 Å². The van der Waals surface area contributed by atoms with Gasteiger partial charge in [0.2, 0.25) is 0 Å². The number of unbranched alkanes of at least 4 members (excludes halogenated alkanes) is 21. The molecule has 0 saturated carbocycles. The number of rotatable bonds is 52. The first-order valence-corrected chi connectivity index (χ1v) is 29.5. The molecule has 408 valence electrons. The van der Waals surface area contributed by atoms with E-state index in [1.54, 1.807) is 0 Å². The molecular formula is C66H108O6. The van der Waals surface area contributed by atoms with Crippen LogP contribution < -0.4 is 0 Å². The van der Waals surface area contributed by atoms with Gasteiger partial charge >= 0.3 is 17.9 Å².